The molecule has 0 spiro atoms. The Morgan fingerprint density at radius 3 is 2.48 bits per heavy atom. The number of nitrogens with one attached hydrogen (secondary N) is 1. The maximum Gasteiger partial charge on any atom is 0.331 e. The summed E-state index contributed by atoms with van der Waals surface area (Å²) in [6.45, 7) is 4.46. The zero-order valence-electron chi connectivity index (χ0n) is 29.0. The largest absolute Gasteiger partial charge is 0.450 e. The van der Waals surface area contributed by atoms with Crippen LogP contribution in [0, 0.1) is 57.7 Å². The van der Waals surface area contributed by atoms with E-state index in [0.29, 0.717) is 56.1 Å². The van der Waals surface area contributed by atoms with Crippen molar-refractivity contribution in [3.63, 3.8) is 0 Å². The highest BCUT2D eigenvalue weighted by Gasteiger charge is 2.84. The van der Waals surface area contributed by atoms with Crippen molar-refractivity contribution in [1.29, 1.82) is 0 Å². The Kier molecular flexibility index (Phi) is 7.64. The Bertz CT molecular complexity index is 1420. The molecule has 6 saturated carbocycles. The van der Waals surface area contributed by atoms with Crippen molar-refractivity contribution in [2.75, 3.05) is 20.2 Å². The molecule has 48 heavy (non-hydrogen) atoms. The molecule has 7 aliphatic carbocycles. The van der Waals surface area contributed by atoms with Crippen LogP contribution >= 0.6 is 0 Å². The fourth-order valence-corrected chi connectivity index (χ4v) is 14.6. The molecule has 14 atom stereocenters. The first-order chi connectivity index (χ1) is 22.8. The van der Waals surface area contributed by atoms with E-state index in [1.807, 2.05) is 14.0 Å². The van der Waals surface area contributed by atoms with E-state index < -0.39 is 69.0 Å². The number of carbonyl (C=O) groups excluding carboxylic acids is 2. The van der Waals surface area contributed by atoms with Gasteiger partial charge in [-0.1, -0.05) is 45.6 Å². The van der Waals surface area contributed by atoms with Crippen LogP contribution in [0.4, 0.5) is 0 Å². The van der Waals surface area contributed by atoms with Crippen molar-refractivity contribution in [2.24, 2.45) is 57.7 Å². The van der Waals surface area contributed by atoms with Crippen LogP contribution in [-0.4, -0.2) is 87.0 Å². The number of aliphatic hydroxyl groups is 5. The van der Waals surface area contributed by atoms with Gasteiger partial charge < -0.3 is 40.4 Å². The van der Waals surface area contributed by atoms with Crippen molar-refractivity contribution < 1.29 is 39.9 Å². The molecule has 0 saturated heterocycles. The molecule has 6 fully saturated rings. The monoisotopic (exact) mass is 667 g/mol. The Balaban J connectivity index is 1.28. The number of fused-ring (bicyclic) bond motifs is 8. The number of aldehydes is 1. The van der Waals surface area contributed by atoms with Crippen LogP contribution in [0.15, 0.2) is 23.3 Å². The molecular formula is C39H57NO8. The molecule has 0 radical (unpaired) electrons. The van der Waals surface area contributed by atoms with E-state index in [4.69, 9.17) is 4.74 Å². The maximum absolute atomic E-state index is 13.8. The molecule has 6 N–H and O–H groups in total. The highest BCUT2D eigenvalue weighted by molar-refractivity contribution is 5.87. The predicted octanol–water partition coefficient (Wildman–Crippen LogP) is 3.21. The number of likely N-dealkylation sites (N-methyl/N-ethyl adjacent to an activating group) is 1. The van der Waals surface area contributed by atoms with Crippen molar-refractivity contribution in [3.8, 4) is 0 Å². The molecule has 9 heteroatoms. The van der Waals surface area contributed by atoms with Gasteiger partial charge in [0.25, 0.3) is 0 Å². The van der Waals surface area contributed by atoms with Crippen LogP contribution in [0.25, 0.3) is 0 Å². The zero-order chi connectivity index (χ0) is 34.1. The van der Waals surface area contributed by atoms with Crippen LogP contribution < -0.4 is 5.32 Å². The molecule has 0 aromatic carbocycles. The van der Waals surface area contributed by atoms with Gasteiger partial charge in [-0.3, -0.25) is 0 Å². The molecule has 9 nitrogen and oxygen atoms in total. The van der Waals surface area contributed by atoms with E-state index in [-0.39, 0.29) is 37.7 Å². The normalized spacial score (nSPS) is 53.2. The van der Waals surface area contributed by atoms with Gasteiger partial charge in [0, 0.05) is 35.3 Å². The summed E-state index contributed by atoms with van der Waals surface area (Å²) < 4.78 is 5.83. The highest BCUT2D eigenvalue weighted by Crippen LogP contribution is 2.79. The SMILES string of the molecule is CNCC1=C[C@H]2C[C@@]3(O)[C@](C)(CC[C@H]4[C@@]3(O)C[C@@H]3C[C@H]([C@@H](C)C5CCCC5)CC[C@H]5[C@@H](O)CC[C@@]4(C=O)[C@]35O)[C@@]2(CO)C2=CC(=O)O[C@@H]12. The molecule has 1 heterocycles. The number of carbonyl (C=O) groups is 2. The molecular weight excluding hydrogens is 610 g/mol. The van der Waals surface area contributed by atoms with Crippen molar-refractivity contribution in [1.82, 2.24) is 5.32 Å². The third-order valence-corrected chi connectivity index (χ3v) is 16.9. The second-order valence-electron chi connectivity index (χ2n) is 17.9. The Labute approximate surface area is 284 Å². The lowest BCUT2D eigenvalue weighted by molar-refractivity contribution is -0.345. The van der Waals surface area contributed by atoms with Gasteiger partial charge in [-0.2, -0.15) is 0 Å². The summed E-state index contributed by atoms with van der Waals surface area (Å²) >= 11 is 0. The molecule has 0 amide bonds. The van der Waals surface area contributed by atoms with Crippen molar-refractivity contribution in [2.45, 2.75) is 126 Å². The third kappa shape index (κ3) is 3.74. The molecule has 0 aromatic heterocycles. The predicted molar refractivity (Wildman–Crippen MR) is 177 cm³/mol. The van der Waals surface area contributed by atoms with Crippen LogP contribution in [0.1, 0.15) is 97.3 Å². The summed E-state index contributed by atoms with van der Waals surface area (Å²) in [5.41, 5.74) is -6.85. The van der Waals surface area contributed by atoms with Crippen LogP contribution in [0.5, 0.6) is 0 Å². The fraction of sp³-hybridized carbons (Fsp3) is 0.846. The smallest absolute Gasteiger partial charge is 0.331 e. The molecule has 8 rings (SSSR count). The van der Waals surface area contributed by atoms with Gasteiger partial charge in [0.15, 0.2) is 0 Å². The average Bonchev–Trinajstić information content (AvgIpc) is 3.75. The average molecular weight is 668 g/mol. The first-order valence-electron chi connectivity index (χ1n) is 19.0. The highest BCUT2D eigenvalue weighted by atomic mass is 16.5. The van der Waals surface area contributed by atoms with Crippen LogP contribution in [0.2, 0.25) is 0 Å². The lowest BCUT2D eigenvalue weighted by atomic mass is 9.35. The minimum atomic E-state index is -1.74. The van der Waals surface area contributed by atoms with Crippen LogP contribution in [0.3, 0.4) is 0 Å². The van der Waals surface area contributed by atoms with Crippen molar-refractivity contribution >= 4 is 12.3 Å². The fourth-order valence-electron chi connectivity index (χ4n) is 14.6. The Morgan fingerprint density at radius 2 is 1.79 bits per heavy atom. The van der Waals surface area contributed by atoms with Gasteiger partial charge in [0.1, 0.15) is 18.0 Å². The molecule has 266 valence electrons. The lowest BCUT2D eigenvalue weighted by Crippen LogP contribution is -2.81. The summed E-state index contributed by atoms with van der Waals surface area (Å²) in [6, 6.07) is 0. The summed E-state index contributed by atoms with van der Waals surface area (Å²) in [5, 5.41) is 66.4. The summed E-state index contributed by atoms with van der Waals surface area (Å²) in [5.74, 6) is -1.19. The summed E-state index contributed by atoms with van der Waals surface area (Å²) in [7, 11) is 1.83. The number of allylic oxidation sites excluding steroid dienone is 1. The minimum Gasteiger partial charge on any atom is -0.450 e. The molecule has 1 aliphatic heterocycles. The standard InChI is InChI=1S/C39H57NO8/c1-22(23-6-4-5-7-23)24-8-9-28-30(43)10-13-35(20-41)31-11-12-34(2)36(21-42)26(15-25(19-40-3)33-29(36)16-32(44)48-33)18-38(34,46)37(31,45)17-27(14-24)39(28,35)47/h15-16,20,22-24,26-28,30-31,33,40,42-43,45-47H,4-14,17-19,21H2,1-3H3/t22-,24+,26-,27-,28-,30-,31+,33-,34+,35-,36+,37-,38+,39-/m0/s1. The van der Waals surface area contributed by atoms with E-state index >= 15 is 0 Å². The van der Waals surface area contributed by atoms with E-state index in [1.165, 1.54) is 31.8 Å². The van der Waals surface area contributed by atoms with Gasteiger partial charge in [0.05, 0.1) is 29.3 Å². The van der Waals surface area contributed by atoms with E-state index in [2.05, 4.69) is 18.3 Å². The van der Waals surface area contributed by atoms with Gasteiger partial charge in [0.2, 0.25) is 0 Å². The number of esters is 1. The van der Waals surface area contributed by atoms with Crippen LogP contribution in [-0.2, 0) is 14.3 Å². The van der Waals surface area contributed by atoms with Gasteiger partial charge in [-0.05, 0) is 106 Å². The minimum absolute atomic E-state index is 0.131. The quantitative estimate of drug-likeness (QED) is 0.142. The summed E-state index contributed by atoms with van der Waals surface area (Å²) in [4.78, 5) is 26.6. The number of hydrogen-bond acceptors (Lipinski definition) is 9. The topological polar surface area (TPSA) is 157 Å². The molecule has 8 aliphatic rings. The molecule has 0 aromatic rings. The Morgan fingerprint density at radius 1 is 1.04 bits per heavy atom. The Hall–Kier alpha value is -1.62. The second kappa shape index (κ2) is 10.9. The lowest BCUT2D eigenvalue weighted by Gasteiger charge is -2.72. The second-order valence-corrected chi connectivity index (χ2v) is 17.9. The first kappa shape index (κ1) is 33.5. The van der Waals surface area contributed by atoms with Gasteiger partial charge in [-0.15, -0.1) is 0 Å². The van der Waals surface area contributed by atoms with E-state index in [9.17, 15) is 35.1 Å². The number of rotatable bonds is 6. The maximum atomic E-state index is 13.8. The summed E-state index contributed by atoms with van der Waals surface area (Å²) in [6.07, 6.45) is 11.9. The van der Waals surface area contributed by atoms with E-state index in [0.717, 1.165) is 18.3 Å². The molecule has 0 bridgehead atoms. The zero-order valence-corrected chi connectivity index (χ0v) is 29.0. The first-order valence-corrected chi connectivity index (χ1v) is 19.0. The van der Waals surface area contributed by atoms with E-state index in [1.54, 1.807) is 0 Å². The number of ether oxygens (including phenoxy) is 1. The molecule has 0 unspecified atom stereocenters. The third-order valence-electron chi connectivity index (χ3n) is 16.9. The number of aliphatic hydroxyl groups excluding tert-OH is 2. The van der Waals surface area contributed by atoms with Crippen molar-refractivity contribution in [3.05, 3.63) is 23.3 Å². The van der Waals surface area contributed by atoms with Gasteiger partial charge in [-0.25, -0.2) is 4.79 Å². The number of hydrogen-bond donors (Lipinski definition) is 6. The van der Waals surface area contributed by atoms with Gasteiger partial charge >= 0.3 is 5.97 Å².